The Hall–Kier alpha value is -2.04. The van der Waals surface area contributed by atoms with E-state index in [1.807, 2.05) is 0 Å². The largest absolute Gasteiger partial charge is 0.496 e. The molecule has 1 aromatic carbocycles. The van der Waals surface area contributed by atoms with Gasteiger partial charge in [-0.1, -0.05) is 0 Å². The monoisotopic (exact) mass is 208 g/mol. The normalized spacial score (nSPS) is 9.20. The molecule has 0 aromatic heterocycles. The third-order valence-electron chi connectivity index (χ3n) is 1.85. The molecular formula is C10H12N2O3. The molecule has 0 radical (unpaired) electrons. The van der Waals surface area contributed by atoms with E-state index in [2.05, 4.69) is 10.6 Å². The predicted molar refractivity (Wildman–Crippen MR) is 56.5 cm³/mol. The number of ether oxygens (including phenoxy) is 1. The Labute approximate surface area is 87.4 Å². The average molecular weight is 208 g/mol. The highest BCUT2D eigenvalue weighted by Crippen LogP contribution is 2.21. The predicted octanol–water partition coefficient (Wildman–Crippen LogP) is 1.26. The van der Waals surface area contributed by atoms with Crippen molar-refractivity contribution in [1.29, 1.82) is 0 Å². The summed E-state index contributed by atoms with van der Waals surface area (Å²) in [5, 5.41) is 4.99. The maximum Gasteiger partial charge on any atom is 0.318 e. The maximum atomic E-state index is 11.0. The van der Waals surface area contributed by atoms with E-state index >= 15 is 0 Å². The summed E-state index contributed by atoms with van der Waals surface area (Å²) in [7, 11) is 2.98. The first-order chi connectivity index (χ1) is 7.21. The highest BCUT2D eigenvalue weighted by Gasteiger charge is 2.04. The highest BCUT2D eigenvalue weighted by atomic mass is 16.5. The minimum atomic E-state index is -0.323. The number of hydrogen-bond donors (Lipinski definition) is 2. The molecule has 0 aliphatic heterocycles. The molecule has 0 aliphatic carbocycles. The topological polar surface area (TPSA) is 67.4 Å². The number of amides is 2. The van der Waals surface area contributed by atoms with Gasteiger partial charge in [-0.3, -0.25) is 4.79 Å². The number of aldehydes is 1. The summed E-state index contributed by atoms with van der Waals surface area (Å²) in [4.78, 5) is 21.6. The van der Waals surface area contributed by atoms with Gasteiger partial charge in [-0.2, -0.15) is 0 Å². The fourth-order valence-corrected chi connectivity index (χ4v) is 1.08. The SMILES string of the molecule is CNC(=O)Nc1ccc(C=O)c(OC)c1. The van der Waals surface area contributed by atoms with Gasteiger partial charge in [0.05, 0.1) is 12.7 Å². The molecule has 0 aliphatic rings. The number of nitrogens with one attached hydrogen (secondary N) is 2. The second kappa shape index (κ2) is 4.99. The van der Waals surface area contributed by atoms with E-state index in [-0.39, 0.29) is 6.03 Å². The highest BCUT2D eigenvalue weighted by molar-refractivity contribution is 5.90. The molecule has 0 bridgehead atoms. The zero-order valence-corrected chi connectivity index (χ0v) is 8.53. The number of anilines is 1. The van der Waals surface area contributed by atoms with Crippen molar-refractivity contribution in [1.82, 2.24) is 5.32 Å². The maximum absolute atomic E-state index is 11.0. The van der Waals surface area contributed by atoms with E-state index < -0.39 is 0 Å². The van der Waals surface area contributed by atoms with Crippen molar-refractivity contribution in [2.45, 2.75) is 0 Å². The average Bonchev–Trinajstić information content (AvgIpc) is 2.28. The summed E-state index contributed by atoms with van der Waals surface area (Å²) in [6.07, 6.45) is 0.697. The first-order valence-corrected chi connectivity index (χ1v) is 4.33. The van der Waals surface area contributed by atoms with Crippen LogP contribution in [0.25, 0.3) is 0 Å². The quantitative estimate of drug-likeness (QED) is 0.735. The van der Waals surface area contributed by atoms with Crippen molar-refractivity contribution in [3.8, 4) is 5.75 Å². The lowest BCUT2D eigenvalue weighted by molar-refractivity contribution is 0.112. The summed E-state index contributed by atoms with van der Waals surface area (Å²) in [6, 6.07) is 4.47. The molecule has 1 aromatic rings. The van der Waals surface area contributed by atoms with Crippen LogP contribution >= 0.6 is 0 Å². The lowest BCUT2D eigenvalue weighted by Crippen LogP contribution is -2.24. The number of methoxy groups -OCH3 is 1. The first kappa shape index (κ1) is 11.0. The van der Waals surface area contributed by atoms with E-state index in [0.29, 0.717) is 23.3 Å². The van der Waals surface area contributed by atoms with Crippen molar-refractivity contribution < 1.29 is 14.3 Å². The third-order valence-corrected chi connectivity index (χ3v) is 1.85. The van der Waals surface area contributed by atoms with Crippen molar-refractivity contribution in [2.24, 2.45) is 0 Å². The number of hydrogen-bond acceptors (Lipinski definition) is 3. The number of rotatable bonds is 3. The van der Waals surface area contributed by atoms with Gasteiger partial charge in [0, 0.05) is 18.8 Å². The van der Waals surface area contributed by atoms with Crippen LogP contribution < -0.4 is 15.4 Å². The van der Waals surface area contributed by atoms with Gasteiger partial charge < -0.3 is 15.4 Å². The standard InChI is InChI=1S/C10H12N2O3/c1-11-10(14)12-8-4-3-7(6-13)9(5-8)15-2/h3-6H,1-2H3,(H2,11,12,14). The summed E-state index contributed by atoms with van der Waals surface area (Å²) in [5.41, 5.74) is 1.01. The third kappa shape index (κ3) is 2.70. The number of carbonyl (C=O) groups excluding carboxylic acids is 2. The summed E-state index contributed by atoms with van der Waals surface area (Å²) in [5.74, 6) is 0.430. The smallest absolute Gasteiger partial charge is 0.318 e. The summed E-state index contributed by atoms with van der Waals surface area (Å²) >= 11 is 0. The lowest BCUT2D eigenvalue weighted by Gasteiger charge is -2.07. The Morgan fingerprint density at radius 2 is 2.20 bits per heavy atom. The van der Waals surface area contributed by atoms with Crippen LogP contribution in [0.1, 0.15) is 10.4 Å². The fraction of sp³-hybridized carbons (Fsp3) is 0.200. The molecule has 1 rings (SSSR count). The molecule has 0 saturated heterocycles. The van der Waals surface area contributed by atoms with Gasteiger partial charge in [0.2, 0.25) is 0 Å². The van der Waals surface area contributed by atoms with E-state index in [9.17, 15) is 9.59 Å². The Kier molecular flexibility index (Phi) is 3.68. The number of carbonyl (C=O) groups is 2. The zero-order chi connectivity index (χ0) is 11.3. The molecule has 5 nitrogen and oxygen atoms in total. The van der Waals surface area contributed by atoms with Gasteiger partial charge >= 0.3 is 6.03 Å². The van der Waals surface area contributed by atoms with Gasteiger partial charge in [0.25, 0.3) is 0 Å². The molecule has 0 heterocycles. The summed E-state index contributed by atoms with van der Waals surface area (Å²) in [6.45, 7) is 0. The minimum absolute atomic E-state index is 0.323. The minimum Gasteiger partial charge on any atom is -0.496 e. The molecule has 0 fully saturated rings. The van der Waals surface area contributed by atoms with Crippen molar-refractivity contribution in [3.63, 3.8) is 0 Å². The van der Waals surface area contributed by atoms with Crippen LogP contribution in [-0.2, 0) is 0 Å². The van der Waals surface area contributed by atoms with Crippen molar-refractivity contribution in [3.05, 3.63) is 23.8 Å². The second-order valence-corrected chi connectivity index (χ2v) is 2.78. The molecule has 0 atom stereocenters. The second-order valence-electron chi connectivity index (χ2n) is 2.78. The van der Waals surface area contributed by atoms with Gasteiger partial charge in [-0.25, -0.2) is 4.79 Å². The Morgan fingerprint density at radius 1 is 1.47 bits per heavy atom. The molecule has 2 N–H and O–H groups in total. The van der Waals surface area contributed by atoms with Gasteiger partial charge in [-0.15, -0.1) is 0 Å². The molecule has 5 heteroatoms. The fourth-order valence-electron chi connectivity index (χ4n) is 1.08. The molecule has 15 heavy (non-hydrogen) atoms. The van der Waals surface area contributed by atoms with E-state index in [1.165, 1.54) is 14.2 Å². The van der Waals surface area contributed by atoms with E-state index in [4.69, 9.17) is 4.74 Å². The summed E-state index contributed by atoms with van der Waals surface area (Å²) < 4.78 is 4.99. The lowest BCUT2D eigenvalue weighted by atomic mass is 10.2. The Bertz CT molecular complexity index is 377. The molecule has 2 amide bonds. The molecule has 0 unspecified atom stereocenters. The molecule has 80 valence electrons. The van der Waals surface area contributed by atoms with Crippen molar-refractivity contribution in [2.75, 3.05) is 19.5 Å². The van der Waals surface area contributed by atoms with Gasteiger partial charge in [0.15, 0.2) is 6.29 Å². The van der Waals surface area contributed by atoms with Crippen molar-refractivity contribution >= 4 is 18.0 Å². The van der Waals surface area contributed by atoms with Crippen LogP contribution in [0.4, 0.5) is 10.5 Å². The van der Waals surface area contributed by atoms with Gasteiger partial charge in [0.1, 0.15) is 5.75 Å². The van der Waals surface area contributed by atoms with E-state index in [0.717, 1.165) is 0 Å². The number of benzene rings is 1. The van der Waals surface area contributed by atoms with Crippen LogP contribution in [0, 0.1) is 0 Å². The van der Waals surface area contributed by atoms with Crippen LogP contribution in [0.5, 0.6) is 5.75 Å². The number of urea groups is 1. The van der Waals surface area contributed by atoms with E-state index in [1.54, 1.807) is 18.2 Å². The molecule has 0 saturated carbocycles. The van der Waals surface area contributed by atoms with Crippen LogP contribution in [0.15, 0.2) is 18.2 Å². The Morgan fingerprint density at radius 3 is 2.73 bits per heavy atom. The van der Waals surface area contributed by atoms with Gasteiger partial charge in [-0.05, 0) is 12.1 Å². The van der Waals surface area contributed by atoms with Crippen LogP contribution in [-0.4, -0.2) is 26.5 Å². The van der Waals surface area contributed by atoms with Crippen LogP contribution in [0.3, 0.4) is 0 Å². The zero-order valence-electron chi connectivity index (χ0n) is 8.53. The molecule has 0 spiro atoms. The first-order valence-electron chi connectivity index (χ1n) is 4.33. The van der Waals surface area contributed by atoms with Crippen LogP contribution in [0.2, 0.25) is 0 Å². The Balaban J connectivity index is 2.92. The molecular weight excluding hydrogens is 196 g/mol.